The van der Waals surface area contributed by atoms with Gasteiger partial charge in [-0.3, -0.25) is 9.88 Å². The first-order valence-electron chi connectivity index (χ1n) is 13.3. The number of aliphatic hydroxyl groups is 1. The fourth-order valence-electron chi connectivity index (χ4n) is 6.15. The molecule has 4 heterocycles. The third-order valence-electron chi connectivity index (χ3n) is 7.89. The Labute approximate surface area is 229 Å². The predicted octanol–water partition coefficient (Wildman–Crippen LogP) is 3.91. The first kappa shape index (κ1) is 26.0. The predicted molar refractivity (Wildman–Crippen MR) is 155 cm³/mol. The minimum absolute atomic E-state index is 0.294. The molecule has 1 N–H and O–H groups in total. The summed E-state index contributed by atoms with van der Waals surface area (Å²) in [5, 5.41) is 10.1. The van der Waals surface area contributed by atoms with Gasteiger partial charge in [0.05, 0.1) is 27.4 Å². The zero-order valence-electron chi connectivity index (χ0n) is 23.1. The number of imidazole rings is 1. The maximum Gasteiger partial charge on any atom is 0.175 e. The monoisotopic (exact) mass is 545 g/mol. The van der Waals surface area contributed by atoms with E-state index in [2.05, 4.69) is 40.1 Å². The molecule has 0 unspecified atom stereocenters. The number of rotatable bonds is 6. The van der Waals surface area contributed by atoms with Crippen molar-refractivity contribution in [2.75, 3.05) is 43.9 Å². The molecule has 0 radical (unpaired) electrons. The zero-order valence-corrected chi connectivity index (χ0v) is 24.0. The molecule has 2 aromatic carbocycles. The SMILES string of the molecule is Cc1nc(-c2ccc(N3CC4(CN(CC(C)(C)O)C4)C3)cc2)cc2c1nc(-c1ccc(S(C)(=O)=O)cc1)n2C. The summed E-state index contributed by atoms with van der Waals surface area (Å²) in [4.78, 5) is 14.8. The summed E-state index contributed by atoms with van der Waals surface area (Å²) in [6.45, 7) is 10.7. The van der Waals surface area contributed by atoms with Crippen LogP contribution in [0.3, 0.4) is 0 Å². The van der Waals surface area contributed by atoms with Gasteiger partial charge in [0.15, 0.2) is 9.84 Å². The van der Waals surface area contributed by atoms with Crippen molar-refractivity contribution in [1.29, 1.82) is 0 Å². The molecule has 4 aromatic rings. The van der Waals surface area contributed by atoms with Gasteiger partial charge in [0, 0.05) is 68.3 Å². The smallest absolute Gasteiger partial charge is 0.175 e. The van der Waals surface area contributed by atoms with Crippen LogP contribution in [0.2, 0.25) is 0 Å². The maximum absolute atomic E-state index is 11.8. The fraction of sp³-hybridized carbons (Fsp3) is 0.400. The Morgan fingerprint density at radius 3 is 2.15 bits per heavy atom. The third-order valence-corrected chi connectivity index (χ3v) is 9.02. The van der Waals surface area contributed by atoms with Crippen molar-refractivity contribution in [3.05, 3.63) is 60.3 Å². The Morgan fingerprint density at radius 2 is 1.56 bits per heavy atom. The number of hydrogen-bond donors (Lipinski definition) is 1. The first-order valence-corrected chi connectivity index (χ1v) is 15.1. The van der Waals surface area contributed by atoms with E-state index in [0.717, 1.165) is 72.1 Å². The summed E-state index contributed by atoms with van der Waals surface area (Å²) in [6.07, 6.45) is 1.21. The molecule has 0 saturated carbocycles. The standard InChI is InChI=1S/C30H35N5O3S/c1-20-27-26(33(4)28(32-27)22-8-12-24(13-9-22)39(5,37)38)14-25(31-20)21-6-10-23(11-7-21)35-18-30(19-35)16-34(17-30)15-29(2,3)36/h6-14,36H,15-19H2,1-5H3. The van der Waals surface area contributed by atoms with Gasteiger partial charge in [0.1, 0.15) is 11.3 Å². The molecule has 6 rings (SSSR count). The summed E-state index contributed by atoms with van der Waals surface area (Å²) < 4.78 is 25.7. The van der Waals surface area contributed by atoms with Crippen molar-refractivity contribution in [3.8, 4) is 22.6 Å². The van der Waals surface area contributed by atoms with E-state index in [4.69, 9.17) is 9.97 Å². The van der Waals surface area contributed by atoms with Crippen LogP contribution in [0.25, 0.3) is 33.7 Å². The molecule has 0 aliphatic carbocycles. The average Bonchev–Trinajstić information content (AvgIpc) is 3.16. The van der Waals surface area contributed by atoms with Gasteiger partial charge in [0.25, 0.3) is 0 Å². The van der Waals surface area contributed by atoms with E-state index in [9.17, 15) is 13.5 Å². The average molecular weight is 546 g/mol. The van der Waals surface area contributed by atoms with Crippen molar-refractivity contribution in [3.63, 3.8) is 0 Å². The molecule has 0 bridgehead atoms. The lowest BCUT2D eigenvalue weighted by atomic mass is 9.72. The molecule has 0 atom stereocenters. The second kappa shape index (κ2) is 8.87. The van der Waals surface area contributed by atoms with Crippen LogP contribution < -0.4 is 4.90 Å². The highest BCUT2D eigenvalue weighted by Gasteiger charge is 2.52. The molecule has 2 saturated heterocycles. The number of likely N-dealkylation sites (tertiary alicyclic amines) is 1. The molecule has 2 aliphatic rings. The highest BCUT2D eigenvalue weighted by atomic mass is 32.2. The number of nitrogens with zero attached hydrogens (tertiary/aromatic N) is 5. The van der Waals surface area contributed by atoms with Crippen LogP contribution in [0.1, 0.15) is 19.5 Å². The molecule has 9 heteroatoms. The number of aromatic nitrogens is 3. The Bertz CT molecular complexity index is 1660. The Kier molecular flexibility index (Phi) is 5.91. The molecule has 2 aliphatic heterocycles. The van der Waals surface area contributed by atoms with Crippen LogP contribution in [0.5, 0.6) is 0 Å². The van der Waals surface area contributed by atoms with Gasteiger partial charge in [-0.2, -0.15) is 0 Å². The van der Waals surface area contributed by atoms with Crippen LogP contribution in [0, 0.1) is 12.3 Å². The number of sulfone groups is 1. The molecule has 0 amide bonds. The largest absolute Gasteiger partial charge is 0.389 e. The van der Waals surface area contributed by atoms with Gasteiger partial charge in [-0.15, -0.1) is 0 Å². The van der Waals surface area contributed by atoms with Gasteiger partial charge >= 0.3 is 0 Å². The van der Waals surface area contributed by atoms with Crippen molar-refractivity contribution in [2.45, 2.75) is 31.3 Å². The summed E-state index contributed by atoms with van der Waals surface area (Å²) in [5.74, 6) is 0.770. The van der Waals surface area contributed by atoms with Crippen LogP contribution in [0.4, 0.5) is 5.69 Å². The van der Waals surface area contributed by atoms with Crippen LogP contribution in [-0.4, -0.2) is 77.5 Å². The maximum atomic E-state index is 11.8. The molecule has 39 heavy (non-hydrogen) atoms. The summed E-state index contributed by atoms with van der Waals surface area (Å²) >= 11 is 0. The highest BCUT2D eigenvalue weighted by Crippen LogP contribution is 2.42. The summed E-state index contributed by atoms with van der Waals surface area (Å²) in [5.41, 5.74) is 6.44. The van der Waals surface area contributed by atoms with Gasteiger partial charge in [-0.05, 0) is 63.2 Å². The number of pyridine rings is 1. The van der Waals surface area contributed by atoms with Gasteiger partial charge in [-0.25, -0.2) is 13.4 Å². The van der Waals surface area contributed by atoms with Gasteiger partial charge < -0.3 is 14.6 Å². The minimum Gasteiger partial charge on any atom is -0.389 e. The van der Waals surface area contributed by atoms with Crippen molar-refractivity contribution in [2.24, 2.45) is 12.5 Å². The lowest BCUT2D eigenvalue weighted by Gasteiger charge is -2.61. The van der Waals surface area contributed by atoms with E-state index in [0.29, 0.717) is 10.3 Å². The molecular formula is C30H35N5O3S. The Morgan fingerprint density at radius 1 is 0.949 bits per heavy atom. The molecule has 2 fully saturated rings. The normalized spacial score (nSPS) is 17.4. The minimum atomic E-state index is -3.25. The molecular weight excluding hydrogens is 510 g/mol. The zero-order chi connectivity index (χ0) is 27.7. The van der Waals surface area contributed by atoms with Gasteiger partial charge in [-0.1, -0.05) is 12.1 Å². The number of hydrogen-bond acceptors (Lipinski definition) is 7. The van der Waals surface area contributed by atoms with Crippen molar-refractivity contribution < 1.29 is 13.5 Å². The van der Waals surface area contributed by atoms with Crippen molar-refractivity contribution >= 4 is 26.6 Å². The van der Waals surface area contributed by atoms with E-state index in [1.165, 1.54) is 11.9 Å². The summed E-state index contributed by atoms with van der Waals surface area (Å²) in [6, 6.07) is 17.5. The quantitative estimate of drug-likeness (QED) is 0.393. The topological polar surface area (TPSA) is 91.6 Å². The summed E-state index contributed by atoms with van der Waals surface area (Å²) in [7, 11) is -1.27. The van der Waals surface area contributed by atoms with Crippen LogP contribution in [0.15, 0.2) is 59.5 Å². The second-order valence-electron chi connectivity index (χ2n) is 12.1. The van der Waals surface area contributed by atoms with Crippen LogP contribution in [-0.2, 0) is 16.9 Å². The third kappa shape index (κ3) is 4.83. The number of fused-ring (bicyclic) bond motifs is 1. The van der Waals surface area contributed by atoms with Gasteiger partial charge in [0.2, 0.25) is 0 Å². The molecule has 204 valence electrons. The Hall–Kier alpha value is -3.27. The van der Waals surface area contributed by atoms with E-state index in [-0.39, 0.29) is 0 Å². The number of β-amino-alcohol motifs (C(OH)–C–C–N with tert-alkyl or cyclic N) is 1. The van der Waals surface area contributed by atoms with E-state index in [1.54, 1.807) is 24.3 Å². The Balaban J connectivity index is 1.19. The van der Waals surface area contributed by atoms with Crippen LogP contribution >= 0.6 is 0 Å². The van der Waals surface area contributed by atoms with E-state index >= 15 is 0 Å². The van der Waals surface area contributed by atoms with E-state index < -0.39 is 15.4 Å². The number of aryl methyl sites for hydroxylation is 2. The van der Waals surface area contributed by atoms with Crippen molar-refractivity contribution in [1.82, 2.24) is 19.4 Å². The lowest BCUT2D eigenvalue weighted by Crippen LogP contribution is -2.73. The first-order chi connectivity index (χ1) is 18.3. The number of benzene rings is 2. The molecule has 8 nitrogen and oxygen atoms in total. The molecule has 2 aromatic heterocycles. The lowest BCUT2D eigenvalue weighted by molar-refractivity contribution is -0.0664. The highest BCUT2D eigenvalue weighted by molar-refractivity contribution is 7.90. The fourth-order valence-corrected chi connectivity index (χ4v) is 6.78. The number of anilines is 1. The molecule has 1 spiro atoms. The second-order valence-corrected chi connectivity index (χ2v) is 14.1. The van der Waals surface area contributed by atoms with E-state index in [1.807, 2.05) is 32.4 Å².